The van der Waals surface area contributed by atoms with E-state index in [1.807, 2.05) is 24.3 Å². The van der Waals surface area contributed by atoms with Gasteiger partial charge in [0.15, 0.2) is 0 Å². The normalized spacial score (nSPS) is 13.0. The predicted octanol–water partition coefficient (Wildman–Crippen LogP) is 2.03. The molecule has 0 radical (unpaired) electrons. The van der Waals surface area contributed by atoms with Crippen LogP contribution in [0.15, 0.2) is 24.3 Å². The van der Waals surface area contributed by atoms with Gasteiger partial charge in [0.2, 0.25) is 0 Å². The van der Waals surface area contributed by atoms with E-state index in [1.165, 1.54) is 0 Å². The zero-order valence-electron chi connectivity index (χ0n) is 10.2. The number of hydrogen-bond acceptors (Lipinski definition) is 3. The summed E-state index contributed by atoms with van der Waals surface area (Å²) < 4.78 is 0. The minimum Gasteiger partial charge on any atom is -0.398 e. The number of rotatable bonds is 6. The summed E-state index contributed by atoms with van der Waals surface area (Å²) in [6, 6.07) is 7.51. The van der Waals surface area contributed by atoms with Crippen LogP contribution in [0.5, 0.6) is 0 Å². The van der Waals surface area contributed by atoms with Crippen molar-refractivity contribution in [3.05, 3.63) is 29.8 Å². The maximum atomic E-state index is 10.0. The Labute approximate surface area is 97.9 Å². The van der Waals surface area contributed by atoms with Gasteiger partial charge < -0.3 is 15.7 Å². The SMILES string of the molecule is CCN(CC)CCC(O)c1ccccc1N. The molecule has 0 heterocycles. The molecule has 3 nitrogen and oxygen atoms in total. The first-order chi connectivity index (χ1) is 7.69. The first-order valence-corrected chi connectivity index (χ1v) is 5.93. The van der Waals surface area contributed by atoms with Crippen LogP contribution in [0.1, 0.15) is 31.9 Å². The standard InChI is InChI=1S/C13H22N2O/c1-3-15(4-2)10-9-13(16)11-7-5-6-8-12(11)14/h5-8,13,16H,3-4,9-10,14H2,1-2H3. The molecular weight excluding hydrogens is 200 g/mol. The monoisotopic (exact) mass is 222 g/mol. The molecule has 0 bridgehead atoms. The lowest BCUT2D eigenvalue weighted by Gasteiger charge is -2.20. The molecule has 0 aliphatic rings. The second-order valence-electron chi connectivity index (χ2n) is 3.96. The lowest BCUT2D eigenvalue weighted by Crippen LogP contribution is -2.25. The molecule has 0 saturated heterocycles. The third-order valence-corrected chi connectivity index (χ3v) is 2.97. The number of nitrogens with two attached hydrogens (primary N) is 1. The topological polar surface area (TPSA) is 49.5 Å². The summed E-state index contributed by atoms with van der Waals surface area (Å²) in [5, 5.41) is 10.0. The Morgan fingerprint density at radius 3 is 2.44 bits per heavy atom. The summed E-state index contributed by atoms with van der Waals surface area (Å²) in [7, 11) is 0. The van der Waals surface area contributed by atoms with Gasteiger partial charge in [-0.1, -0.05) is 32.0 Å². The molecular formula is C13H22N2O. The summed E-state index contributed by atoms with van der Waals surface area (Å²) in [4.78, 5) is 2.29. The van der Waals surface area contributed by atoms with Crippen molar-refractivity contribution in [1.82, 2.24) is 4.90 Å². The Morgan fingerprint density at radius 1 is 1.25 bits per heavy atom. The van der Waals surface area contributed by atoms with E-state index < -0.39 is 6.10 Å². The molecule has 90 valence electrons. The fraction of sp³-hybridized carbons (Fsp3) is 0.538. The number of benzene rings is 1. The van der Waals surface area contributed by atoms with Crippen LogP contribution in [0.25, 0.3) is 0 Å². The van der Waals surface area contributed by atoms with Gasteiger partial charge in [-0.2, -0.15) is 0 Å². The van der Waals surface area contributed by atoms with Gasteiger partial charge >= 0.3 is 0 Å². The molecule has 1 unspecified atom stereocenters. The molecule has 0 aliphatic carbocycles. The quantitative estimate of drug-likeness (QED) is 0.724. The Hall–Kier alpha value is -1.06. The van der Waals surface area contributed by atoms with Crippen molar-refractivity contribution in [2.75, 3.05) is 25.4 Å². The zero-order chi connectivity index (χ0) is 12.0. The number of para-hydroxylation sites is 1. The maximum Gasteiger partial charge on any atom is 0.0822 e. The fourth-order valence-electron chi connectivity index (χ4n) is 1.81. The van der Waals surface area contributed by atoms with E-state index in [9.17, 15) is 5.11 Å². The van der Waals surface area contributed by atoms with Crippen LogP contribution in [0.2, 0.25) is 0 Å². The summed E-state index contributed by atoms with van der Waals surface area (Å²) in [6.07, 6.45) is 0.275. The van der Waals surface area contributed by atoms with Crippen molar-refractivity contribution in [2.45, 2.75) is 26.4 Å². The molecule has 0 spiro atoms. The van der Waals surface area contributed by atoms with Gasteiger partial charge in [-0.25, -0.2) is 0 Å². The van der Waals surface area contributed by atoms with E-state index in [1.54, 1.807) is 0 Å². The van der Waals surface area contributed by atoms with Crippen molar-refractivity contribution >= 4 is 5.69 Å². The number of hydrogen-bond donors (Lipinski definition) is 2. The first kappa shape index (κ1) is 13.0. The summed E-state index contributed by atoms with van der Waals surface area (Å²) >= 11 is 0. The van der Waals surface area contributed by atoms with E-state index in [0.29, 0.717) is 5.69 Å². The molecule has 0 amide bonds. The second-order valence-corrected chi connectivity index (χ2v) is 3.96. The average molecular weight is 222 g/mol. The van der Waals surface area contributed by atoms with Gasteiger partial charge in [-0.15, -0.1) is 0 Å². The third kappa shape index (κ3) is 3.51. The van der Waals surface area contributed by atoms with E-state index in [0.717, 1.165) is 31.6 Å². The van der Waals surface area contributed by atoms with E-state index in [2.05, 4.69) is 18.7 Å². The Balaban J connectivity index is 2.52. The van der Waals surface area contributed by atoms with Crippen LogP contribution in [0.4, 0.5) is 5.69 Å². The molecule has 3 heteroatoms. The highest BCUT2D eigenvalue weighted by Crippen LogP contribution is 2.22. The number of anilines is 1. The van der Waals surface area contributed by atoms with Gasteiger partial charge in [-0.3, -0.25) is 0 Å². The van der Waals surface area contributed by atoms with Crippen molar-refractivity contribution in [3.63, 3.8) is 0 Å². The van der Waals surface area contributed by atoms with E-state index in [-0.39, 0.29) is 0 Å². The van der Waals surface area contributed by atoms with Gasteiger partial charge in [0.1, 0.15) is 0 Å². The second kappa shape index (κ2) is 6.51. The highest BCUT2D eigenvalue weighted by Gasteiger charge is 2.11. The lowest BCUT2D eigenvalue weighted by molar-refractivity contribution is 0.146. The van der Waals surface area contributed by atoms with Crippen LogP contribution in [0, 0.1) is 0 Å². The molecule has 3 N–H and O–H groups in total. The summed E-state index contributed by atoms with van der Waals surface area (Å²) in [5.41, 5.74) is 7.34. The maximum absolute atomic E-state index is 10.0. The molecule has 0 fully saturated rings. The molecule has 0 aromatic heterocycles. The number of nitrogens with zero attached hydrogens (tertiary/aromatic N) is 1. The van der Waals surface area contributed by atoms with Crippen LogP contribution < -0.4 is 5.73 Å². The van der Waals surface area contributed by atoms with Crippen molar-refractivity contribution in [3.8, 4) is 0 Å². The minimum absolute atomic E-state index is 0.457. The van der Waals surface area contributed by atoms with Crippen LogP contribution in [-0.2, 0) is 0 Å². The molecule has 0 saturated carbocycles. The predicted molar refractivity (Wildman–Crippen MR) is 68.2 cm³/mol. The summed E-state index contributed by atoms with van der Waals surface area (Å²) in [6.45, 7) is 7.21. The number of aliphatic hydroxyl groups is 1. The van der Waals surface area contributed by atoms with Gasteiger partial charge in [0.05, 0.1) is 6.10 Å². The van der Waals surface area contributed by atoms with E-state index in [4.69, 9.17) is 5.73 Å². The third-order valence-electron chi connectivity index (χ3n) is 2.97. The fourth-order valence-corrected chi connectivity index (χ4v) is 1.81. The Morgan fingerprint density at radius 2 is 1.88 bits per heavy atom. The Kier molecular flexibility index (Phi) is 5.29. The highest BCUT2D eigenvalue weighted by molar-refractivity contribution is 5.47. The molecule has 16 heavy (non-hydrogen) atoms. The molecule has 1 rings (SSSR count). The smallest absolute Gasteiger partial charge is 0.0822 e. The van der Waals surface area contributed by atoms with E-state index >= 15 is 0 Å². The minimum atomic E-state index is -0.457. The van der Waals surface area contributed by atoms with Crippen molar-refractivity contribution in [1.29, 1.82) is 0 Å². The van der Waals surface area contributed by atoms with Crippen LogP contribution >= 0.6 is 0 Å². The van der Waals surface area contributed by atoms with Crippen molar-refractivity contribution in [2.24, 2.45) is 0 Å². The lowest BCUT2D eigenvalue weighted by atomic mass is 10.0. The largest absolute Gasteiger partial charge is 0.398 e. The number of aliphatic hydroxyl groups excluding tert-OH is 1. The van der Waals surface area contributed by atoms with Crippen LogP contribution in [0.3, 0.4) is 0 Å². The van der Waals surface area contributed by atoms with Crippen molar-refractivity contribution < 1.29 is 5.11 Å². The molecule has 1 aromatic carbocycles. The number of nitrogen functional groups attached to an aromatic ring is 1. The van der Waals surface area contributed by atoms with Crippen LogP contribution in [-0.4, -0.2) is 29.6 Å². The van der Waals surface area contributed by atoms with Gasteiger partial charge in [0, 0.05) is 17.8 Å². The first-order valence-electron chi connectivity index (χ1n) is 5.93. The summed E-state index contributed by atoms with van der Waals surface area (Å²) in [5.74, 6) is 0. The average Bonchev–Trinajstić information content (AvgIpc) is 2.30. The zero-order valence-corrected chi connectivity index (χ0v) is 10.2. The molecule has 0 aliphatic heterocycles. The molecule has 1 atom stereocenters. The highest BCUT2D eigenvalue weighted by atomic mass is 16.3. The van der Waals surface area contributed by atoms with Gasteiger partial charge in [0.25, 0.3) is 0 Å². The Bertz CT molecular complexity index is 311. The van der Waals surface area contributed by atoms with Gasteiger partial charge in [-0.05, 0) is 25.6 Å². The molecule has 1 aromatic rings.